The molecule has 1 rings (SSSR count). The van der Waals surface area contributed by atoms with E-state index >= 15 is 0 Å². The lowest BCUT2D eigenvalue weighted by atomic mass is 9.98. The number of ether oxygens (including phenoxy) is 2. The molecular formula is C13H14N2O5. The number of nitrogens with zero attached hydrogens (tertiary/aromatic N) is 2. The summed E-state index contributed by atoms with van der Waals surface area (Å²) in [5, 5.41) is 20.3. The largest absolute Gasteiger partial charge is 0.487 e. The molecular weight excluding hydrogens is 264 g/mol. The van der Waals surface area contributed by atoms with E-state index < -0.39 is 16.8 Å². The molecule has 0 N–H and O–H groups in total. The van der Waals surface area contributed by atoms with Crippen molar-refractivity contribution in [2.75, 3.05) is 13.2 Å². The van der Waals surface area contributed by atoms with Gasteiger partial charge in [-0.2, -0.15) is 5.26 Å². The van der Waals surface area contributed by atoms with Gasteiger partial charge in [0.05, 0.1) is 29.8 Å². The predicted octanol–water partition coefficient (Wildman–Crippen LogP) is 2.16. The smallest absolute Gasteiger partial charge is 0.328 e. The first kappa shape index (κ1) is 15.4. The van der Waals surface area contributed by atoms with Gasteiger partial charge in [-0.3, -0.25) is 14.9 Å². The molecule has 0 saturated carbocycles. The van der Waals surface area contributed by atoms with E-state index in [0.717, 1.165) is 0 Å². The Hall–Kier alpha value is -2.62. The molecule has 7 heteroatoms. The summed E-state index contributed by atoms with van der Waals surface area (Å²) in [6.07, 6.45) is 0. The Kier molecular flexibility index (Phi) is 5.47. The minimum Gasteiger partial charge on any atom is -0.487 e. The van der Waals surface area contributed by atoms with Gasteiger partial charge in [0, 0.05) is 0 Å². The second-order valence-electron chi connectivity index (χ2n) is 3.70. The van der Waals surface area contributed by atoms with Crippen molar-refractivity contribution in [1.82, 2.24) is 0 Å². The van der Waals surface area contributed by atoms with Gasteiger partial charge >= 0.3 is 11.7 Å². The summed E-state index contributed by atoms with van der Waals surface area (Å²) in [6, 6.07) is 6.00. The van der Waals surface area contributed by atoms with E-state index in [2.05, 4.69) is 0 Å². The van der Waals surface area contributed by atoms with Crippen molar-refractivity contribution in [3.8, 4) is 11.8 Å². The first-order chi connectivity index (χ1) is 9.56. The van der Waals surface area contributed by atoms with Gasteiger partial charge in [-0.1, -0.05) is 6.07 Å². The topological polar surface area (TPSA) is 102 Å². The molecule has 106 valence electrons. The monoisotopic (exact) mass is 278 g/mol. The molecule has 1 aromatic carbocycles. The number of carbonyl (C=O) groups excluding carboxylic acids is 1. The van der Waals surface area contributed by atoms with Crippen molar-refractivity contribution in [2.24, 2.45) is 0 Å². The quantitative estimate of drug-likeness (QED) is 0.449. The maximum absolute atomic E-state index is 11.7. The Morgan fingerprint density at radius 1 is 1.45 bits per heavy atom. The van der Waals surface area contributed by atoms with Crippen LogP contribution in [0.15, 0.2) is 18.2 Å². The van der Waals surface area contributed by atoms with E-state index in [9.17, 15) is 14.9 Å². The highest BCUT2D eigenvalue weighted by atomic mass is 16.6. The second kappa shape index (κ2) is 7.09. The summed E-state index contributed by atoms with van der Waals surface area (Å²) in [6.45, 7) is 3.61. The molecule has 1 aromatic rings. The molecule has 7 nitrogen and oxygen atoms in total. The number of esters is 1. The van der Waals surface area contributed by atoms with Gasteiger partial charge in [-0.25, -0.2) is 0 Å². The predicted molar refractivity (Wildman–Crippen MR) is 69.3 cm³/mol. The minimum atomic E-state index is -1.35. The van der Waals surface area contributed by atoms with Crippen LogP contribution in [0.2, 0.25) is 0 Å². The van der Waals surface area contributed by atoms with E-state index in [-0.39, 0.29) is 30.2 Å². The number of benzene rings is 1. The standard InChI is InChI=1S/C13H14N2O5/c1-3-19-11-7-5-6-9(12(11)15(17)18)10(8-14)13(16)20-4-2/h5-7,10H,3-4H2,1-2H3. The molecule has 0 amide bonds. The van der Waals surface area contributed by atoms with E-state index in [1.54, 1.807) is 19.9 Å². The van der Waals surface area contributed by atoms with Gasteiger partial charge in [0.1, 0.15) is 0 Å². The van der Waals surface area contributed by atoms with Gasteiger partial charge < -0.3 is 9.47 Å². The van der Waals surface area contributed by atoms with E-state index in [4.69, 9.17) is 14.7 Å². The number of nitro benzene ring substituents is 1. The third-order valence-corrected chi connectivity index (χ3v) is 2.48. The maximum Gasteiger partial charge on any atom is 0.328 e. The van der Waals surface area contributed by atoms with E-state index in [1.807, 2.05) is 0 Å². The number of para-hydroxylation sites is 1. The third kappa shape index (κ3) is 3.23. The SMILES string of the molecule is CCOC(=O)C(C#N)c1cccc(OCC)c1[N+](=O)[O-]. The number of rotatable bonds is 6. The van der Waals surface area contributed by atoms with Gasteiger partial charge in [0.15, 0.2) is 11.7 Å². The zero-order valence-electron chi connectivity index (χ0n) is 11.2. The van der Waals surface area contributed by atoms with Crippen LogP contribution >= 0.6 is 0 Å². The van der Waals surface area contributed by atoms with Crippen LogP contribution in [0.3, 0.4) is 0 Å². The fourth-order valence-corrected chi connectivity index (χ4v) is 1.71. The van der Waals surface area contributed by atoms with Crippen molar-refractivity contribution in [2.45, 2.75) is 19.8 Å². The Labute approximate surface area is 115 Å². The Balaban J connectivity index is 3.35. The molecule has 0 saturated heterocycles. The van der Waals surface area contributed by atoms with Crippen LogP contribution in [-0.2, 0) is 9.53 Å². The second-order valence-corrected chi connectivity index (χ2v) is 3.70. The van der Waals surface area contributed by atoms with Crippen molar-refractivity contribution >= 4 is 11.7 Å². The Morgan fingerprint density at radius 2 is 2.15 bits per heavy atom. The zero-order valence-corrected chi connectivity index (χ0v) is 11.2. The molecule has 20 heavy (non-hydrogen) atoms. The van der Waals surface area contributed by atoms with Crippen molar-refractivity contribution < 1.29 is 19.2 Å². The van der Waals surface area contributed by atoms with Gasteiger partial charge in [0.25, 0.3) is 0 Å². The highest BCUT2D eigenvalue weighted by molar-refractivity contribution is 5.83. The Morgan fingerprint density at radius 3 is 2.65 bits per heavy atom. The number of nitriles is 1. The summed E-state index contributed by atoms with van der Waals surface area (Å²) >= 11 is 0. The summed E-state index contributed by atoms with van der Waals surface area (Å²) in [4.78, 5) is 22.2. The summed E-state index contributed by atoms with van der Waals surface area (Å²) in [7, 11) is 0. The molecule has 0 bridgehead atoms. The lowest BCUT2D eigenvalue weighted by molar-refractivity contribution is -0.386. The third-order valence-electron chi connectivity index (χ3n) is 2.48. The molecule has 0 spiro atoms. The summed E-state index contributed by atoms with van der Waals surface area (Å²) < 4.78 is 9.93. The van der Waals surface area contributed by atoms with Crippen LogP contribution in [0.25, 0.3) is 0 Å². The van der Waals surface area contributed by atoms with Crippen LogP contribution in [0, 0.1) is 21.4 Å². The number of hydrogen-bond acceptors (Lipinski definition) is 6. The van der Waals surface area contributed by atoms with Gasteiger partial charge in [-0.15, -0.1) is 0 Å². The number of nitro groups is 1. The van der Waals surface area contributed by atoms with E-state index in [0.29, 0.717) is 0 Å². The normalized spacial score (nSPS) is 11.2. The van der Waals surface area contributed by atoms with Crippen LogP contribution < -0.4 is 4.74 Å². The molecule has 1 atom stereocenters. The van der Waals surface area contributed by atoms with Crippen molar-refractivity contribution in [3.05, 3.63) is 33.9 Å². The average Bonchev–Trinajstić information content (AvgIpc) is 2.40. The fourth-order valence-electron chi connectivity index (χ4n) is 1.71. The van der Waals surface area contributed by atoms with Gasteiger partial charge in [-0.05, 0) is 26.0 Å². The molecule has 1 unspecified atom stereocenters. The molecule has 0 aliphatic rings. The molecule has 0 aliphatic heterocycles. The van der Waals surface area contributed by atoms with Crippen LogP contribution in [0.5, 0.6) is 5.75 Å². The average molecular weight is 278 g/mol. The molecule has 0 radical (unpaired) electrons. The van der Waals surface area contributed by atoms with Crippen LogP contribution in [0.4, 0.5) is 5.69 Å². The molecule has 0 aromatic heterocycles. The number of hydrogen-bond donors (Lipinski definition) is 0. The highest BCUT2D eigenvalue weighted by Crippen LogP contribution is 2.35. The maximum atomic E-state index is 11.7. The molecule has 0 heterocycles. The summed E-state index contributed by atoms with van der Waals surface area (Å²) in [5.41, 5.74) is -0.407. The lowest BCUT2D eigenvalue weighted by Crippen LogP contribution is -2.16. The molecule has 0 aliphatic carbocycles. The first-order valence-corrected chi connectivity index (χ1v) is 6.03. The summed E-state index contributed by atoms with van der Waals surface area (Å²) in [5.74, 6) is -2.14. The van der Waals surface area contributed by atoms with Crippen molar-refractivity contribution in [3.63, 3.8) is 0 Å². The number of carbonyl (C=O) groups is 1. The lowest BCUT2D eigenvalue weighted by Gasteiger charge is -2.11. The van der Waals surface area contributed by atoms with E-state index in [1.165, 1.54) is 18.2 Å². The first-order valence-electron chi connectivity index (χ1n) is 6.03. The molecule has 0 fully saturated rings. The van der Waals surface area contributed by atoms with Crippen LogP contribution in [0.1, 0.15) is 25.3 Å². The fraction of sp³-hybridized carbons (Fsp3) is 0.385. The Bertz CT molecular complexity index is 550. The zero-order chi connectivity index (χ0) is 15.1. The highest BCUT2D eigenvalue weighted by Gasteiger charge is 2.32. The van der Waals surface area contributed by atoms with Crippen molar-refractivity contribution in [1.29, 1.82) is 5.26 Å². The van der Waals surface area contributed by atoms with Crippen LogP contribution in [-0.4, -0.2) is 24.1 Å². The van der Waals surface area contributed by atoms with Gasteiger partial charge in [0.2, 0.25) is 0 Å². The minimum absolute atomic E-state index is 0.0260.